The minimum atomic E-state index is -1.49. The molecule has 0 aromatic heterocycles. The molecule has 0 N–H and O–H groups in total. The molecule has 1 fully saturated rings. The first-order valence-electron chi connectivity index (χ1n) is 26.5. The molecule has 8 atom stereocenters. The van der Waals surface area contributed by atoms with Crippen LogP contribution in [-0.4, -0.2) is 152 Å². The number of carbonyl (C=O) groups excluding carboxylic acids is 8. The Kier molecular flexibility index (Phi) is 27.6. The largest absolute Gasteiger partial charge is 0.451 e. The minimum Gasteiger partial charge on any atom is -0.451 e. The summed E-state index contributed by atoms with van der Waals surface area (Å²) in [5.41, 5.74) is 2.17. The maximum absolute atomic E-state index is 14.9. The van der Waals surface area contributed by atoms with Crippen molar-refractivity contribution in [1.29, 1.82) is 0 Å². The Morgan fingerprint density at radius 2 is 0.693 bits per heavy atom. The Morgan fingerprint density at radius 3 is 0.973 bits per heavy atom. The number of ether oxygens (including phenoxy) is 4. The van der Waals surface area contributed by atoms with Gasteiger partial charge in [0.05, 0.1) is 0 Å². The Hall–Kier alpha value is -5.74. The molecule has 0 spiro atoms. The maximum Gasteiger partial charge on any atom is 0.329 e. The van der Waals surface area contributed by atoms with Crippen molar-refractivity contribution in [3.05, 3.63) is 71.3 Å². The quantitative estimate of drug-likeness (QED) is 0.115. The van der Waals surface area contributed by atoms with Crippen molar-refractivity contribution in [3.8, 4) is 0 Å². The van der Waals surface area contributed by atoms with Gasteiger partial charge in [-0.15, -0.1) is 0 Å². The van der Waals surface area contributed by atoms with Gasteiger partial charge >= 0.3 is 23.9 Å². The fourth-order valence-corrected chi connectivity index (χ4v) is 8.66. The second kappa shape index (κ2) is 30.7. The SMILES string of the molecule is CC.CC(C)C[C@H]1C(=O)O[C@H](Cc2ccc(C(C)(C)C)cc2)C(=O)N(C)[C@@H](CC(C)C)C(=O)O[C@H](C)C(=O)N(C)[C@@H](CC(C)C)C(=O)O[C@H](Cc2ccccc2)C(=O)N(C)[C@@H](CC(C)C)C(=O)O[C@H](C)C(=O)N1C.[B]. The predicted molar refractivity (Wildman–Crippen MR) is 291 cm³/mol. The van der Waals surface area contributed by atoms with Crippen LogP contribution in [0.25, 0.3) is 0 Å². The Morgan fingerprint density at radius 1 is 0.427 bits per heavy atom. The molecule has 16 nitrogen and oxygen atoms in total. The molecule has 4 amide bonds. The lowest BCUT2D eigenvalue weighted by atomic mass is 9.86. The van der Waals surface area contributed by atoms with Gasteiger partial charge in [-0.1, -0.05) is 145 Å². The number of cyclic esters (lactones) is 4. The fraction of sp³-hybridized carbons (Fsp3) is 0.655. The van der Waals surface area contributed by atoms with Crippen LogP contribution in [0, 0.1) is 23.7 Å². The van der Waals surface area contributed by atoms with Gasteiger partial charge in [0.1, 0.15) is 24.2 Å². The van der Waals surface area contributed by atoms with Crippen LogP contribution >= 0.6 is 0 Å². The van der Waals surface area contributed by atoms with Gasteiger partial charge < -0.3 is 38.5 Å². The van der Waals surface area contributed by atoms with Crippen LogP contribution in [-0.2, 0) is 75.6 Å². The number of likely N-dealkylation sites (N-methyl/N-ethyl adjacent to an activating group) is 4. The number of rotatable bonds is 12. The highest BCUT2D eigenvalue weighted by Crippen LogP contribution is 2.26. The van der Waals surface area contributed by atoms with Crippen LogP contribution in [0.2, 0.25) is 0 Å². The molecule has 1 heterocycles. The summed E-state index contributed by atoms with van der Waals surface area (Å²) in [5, 5.41) is 0. The molecule has 2 aromatic carbocycles. The number of amides is 4. The van der Waals surface area contributed by atoms with E-state index in [0.717, 1.165) is 20.3 Å². The first-order chi connectivity index (χ1) is 34.4. The smallest absolute Gasteiger partial charge is 0.329 e. The van der Waals surface area contributed by atoms with Crippen molar-refractivity contribution in [2.75, 3.05) is 28.2 Å². The lowest BCUT2D eigenvalue weighted by Crippen LogP contribution is -2.55. The van der Waals surface area contributed by atoms with Gasteiger partial charge in [-0.2, -0.15) is 0 Å². The van der Waals surface area contributed by atoms with Gasteiger partial charge in [-0.05, 0) is 85.3 Å². The summed E-state index contributed by atoms with van der Waals surface area (Å²) in [7, 11) is 5.59. The average Bonchev–Trinajstić information content (AvgIpc) is 3.33. The molecule has 417 valence electrons. The van der Waals surface area contributed by atoms with E-state index in [0.29, 0.717) is 11.1 Å². The molecule has 3 rings (SSSR count). The van der Waals surface area contributed by atoms with Crippen molar-refractivity contribution in [2.24, 2.45) is 23.7 Å². The van der Waals surface area contributed by atoms with E-state index in [4.69, 9.17) is 18.9 Å². The average molecular weight is 1050 g/mol. The van der Waals surface area contributed by atoms with Crippen molar-refractivity contribution in [2.45, 2.75) is 196 Å². The predicted octanol–water partition coefficient (Wildman–Crippen LogP) is 7.61. The normalized spacial score (nSPS) is 23.8. The monoisotopic (exact) mass is 1050 g/mol. The van der Waals surface area contributed by atoms with Gasteiger partial charge in [0.2, 0.25) is 0 Å². The van der Waals surface area contributed by atoms with E-state index >= 15 is 0 Å². The molecule has 75 heavy (non-hydrogen) atoms. The van der Waals surface area contributed by atoms with E-state index in [2.05, 4.69) is 20.8 Å². The van der Waals surface area contributed by atoms with Gasteiger partial charge in [0, 0.05) is 49.4 Å². The highest BCUT2D eigenvalue weighted by atomic mass is 16.6. The van der Waals surface area contributed by atoms with E-state index < -0.39 is 96.1 Å². The Labute approximate surface area is 450 Å². The van der Waals surface area contributed by atoms with Gasteiger partial charge in [-0.3, -0.25) is 19.2 Å². The number of hydrogen-bond acceptors (Lipinski definition) is 12. The zero-order valence-corrected chi connectivity index (χ0v) is 48.6. The molecule has 1 saturated heterocycles. The van der Waals surface area contributed by atoms with Gasteiger partial charge in [-0.25, -0.2) is 19.2 Å². The molecule has 3 radical (unpaired) electrons. The van der Waals surface area contributed by atoms with Crippen LogP contribution in [0.15, 0.2) is 54.6 Å². The zero-order valence-electron chi connectivity index (χ0n) is 48.6. The van der Waals surface area contributed by atoms with Crippen LogP contribution < -0.4 is 0 Å². The third-order valence-corrected chi connectivity index (χ3v) is 13.0. The maximum atomic E-state index is 14.9. The van der Waals surface area contributed by atoms with Gasteiger partial charge in [0.15, 0.2) is 24.4 Å². The topological polar surface area (TPSA) is 186 Å². The van der Waals surface area contributed by atoms with Crippen LogP contribution in [0.4, 0.5) is 0 Å². The third kappa shape index (κ3) is 20.1. The summed E-state index contributed by atoms with van der Waals surface area (Å²) < 4.78 is 24.0. The lowest BCUT2D eigenvalue weighted by Gasteiger charge is -2.35. The second-order valence-electron chi connectivity index (χ2n) is 22.2. The van der Waals surface area contributed by atoms with E-state index in [1.807, 2.05) is 93.5 Å². The van der Waals surface area contributed by atoms with Crippen molar-refractivity contribution in [1.82, 2.24) is 19.6 Å². The molecule has 0 aliphatic carbocycles. The Bertz CT molecular complexity index is 2160. The molecule has 0 bridgehead atoms. The first kappa shape index (κ1) is 67.3. The highest BCUT2D eigenvalue weighted by Gasteiger charge is 2.43. The molecule has 2 aromatic rings. The van der Waals surface area contributed by atoms with E-state index in [1.54, 1.807) is 30.3 Å². The standard InChI is InChI=1S/C56H84N4O12.C2H6.B/c1-33(2)27-42-52(65)69-38(10)49(62)58(15)45(30-36(7)8)55(68)72-47(32-40-23-25-41(26-24-40)56(11,12)13)51(64)60(17)43(28-34(3)4)53(66)70-37(9)48(61)57(14)44(29-35(5)6)54(67)71-46(50(63)59(42)16)31-39-21-19-18-20-22-39;1-2;/h18-26,33-38,42-47H,27-32H2,1-17H3;1-2H3;/t37-,38-,42+,43+,44+,45+,46-,47-;;/m1../s1. The summed E-state index contributed by atoms with van der Waals surface area (Å²) in [6.07, 6.45) is -5.62. The molecule has 1 aliphatic rings. The second-order valence-corrected chi connectivity index (χ2v) is 22.2. The fourth-order valence-electron chi connectivity index (χ4n) is 8.66. The van der Waals surface area contributed by atoms with Crippen LogP contribution in [0.1, 0.15) is 146 Å². The third-order valence-electron chi connectivity index (χ3n) is 13.0. The first-order valence-corrected chi connectivity index (χ1v) is 26.5. The number of nitrogens with zero attached hydrogens (tertiary/aromatic N) is 4. The summed E-state index contributed by atoms with van der Waals surface area (Å²) in [4.78, 5) is 120. The molecule has 0 unspecified atom stereocenters. The zero-order chi connectivity index (χ0) is 56.5. The number of benzene rings is 2. The van der Waals surface area contributed by atoms with Crippen molar-refractivity contribution >= 4 is 55.9 Å². The highest BCUT2D eigenvalue weighted by molar-refractivity contribution is 5.94. The Balaban J connectivity index is 0.00000926. The summed E-state index contributed by atoms with van der Waals surface area (Å²) in [5.74, 6) is -7.15. The number of esters is 4. The van der Waals surface area contributed by atoms with Gasteiger partial charge in [0.25, 0.3) is 23.6 Å². The molecule has 0 saturated carbocycles. The minimum absolute atomic E-state index is 0. The van der Waals surface area contributed by atoms with E-state index in [9.17, 15) is 38.4 Å². The number of hydrogen-bond donors (Lipinski definition) is 0. The van der Waals surface area contributed by atoms with Crippen molar-refractivity contribution in [3.63, 3.8) is 0 Å². The summed E-state index contributed by atoms with van der Waals surface area (Å²) >= 11 is 0. The molecule has 17 heteroatoms. The molecular weight excluding hydrogens is 955 g/mol. The van der Waals surface area contributed by atoms with Crippen LogP contribution in [0.3, 0.4) is 0 Å². The van der Waals surface area contributed by atoms with Crippen LogP contribution in [0.5, 0.6) is 0 Å². The summed E-state index contributed by atoms with van der Waals surface area (Å²) in [6.45, 7) is 27.8. The van der Waals surface area contributed by atoms with E-state index in [1.165, 1.54) is 46.9 Å². The number of carbonyl (C=O) groups is 8. The lowest BCUT2D eigenvalue weighted by molar-refractivity contribution is -0.176. The summed E-state index contributed by atoms with van der Waals surface area (Å²) in [6, 6.07) is 11.4. The van der Waals surface area contributed by atoms with E-state index in [-0.39, 0.29) is 76.0 Å². The van der Waals surface area contributed by atoms with Crippen molar-refractivity contribution < 1.29 is 57.3 Å². The molecule has 1 aliphatic heterocycles. The molecular formula is C58H90BN4O12.